The van der Waals surface area contributed by atoms with Gasteiger partial charge in [-0.2, -0.15) is 0 Å². The molecule has 18 heavy (non-hydrogen) atoms. The lowest BCUT2D eigenvalue weighted by Crippen LogP contribution is -2.01. The molecule has 5 heteroatoms. The first-order chi connectivity index (χ1) is 8.56. The average molecular weight is 247 g/mol. The van der Waals surface area contributed by atoms with E-state index in [2.05, 4.69) is 4.98 Å². The van der Waals surface area contributed by atoms with Crippen molar-refractivity contribution >= 4 is 16.9 Å². The fraction of sp³-hybridized carbons (Fsp3) is 0.231. The number of nitrogens with zero attached hydrogens (tertiary/aromatic N) is 1. The van der Waals surface area contributed by atoms with E-state index in [1.807, 2.05) is 0 Å². The molecule has 0 aliphatic heterocycles. The van der Waals surface area contributed by atoms with E-state index in [9.17, 15) is 9.90 Å². The van der Waals surface area contributed by atoms with Gasteiger partial charge in [0.25, 0.3) is 0 Å². The zero-order valence-electron chi connectivity index (χ0n) is 10.4. The SMILES string of the molecule is COc1cc2nc(C)cc(C(=O)O)c2cc1OC. The van der Waals surface area contributed by atoms with E-state index in [1.165, 1.54) is 20.3 Å². The van der Waals surface area contributed by atoms with Crippen molar-refractivity contribution in [3.8, 4) is 11.5 Å². The lowest BCUT2D eigenvalue weighted by molar-refractivity contribution is 0.0699. The number of carboxylic acids is 1. The molecule has 0 unspecified atom stereocenters. The minimum absolute atomic E-state index is 0.207. The molecule has 2 aromatic rings. The minimum atomic E-state index is -0.988. The van der Waals surface area contributed by atoms with Gasteiger partial charge in [0.15, 0.2) is 11.5 Å². The largest absolute Gasteiger partial charge is 0.493 e. The lowest BCUT2D eigenvalue weighted by Gasteiger charge is -2.10. The third-order valence-electron chi connectivity index (χ3n) is 2.67. The number of aromatic nitrogens is 1. The van der Waals surface area contributed by atoms with Crippen molar-refractivity contribution in [3.63, 3.8) is 0 Å². The van der Waals surface area contributed by atoms with Crippen LogP contribution in [0.4, 0.5) is 0 Å². The fourth-order valence-corrected chi connectivity index (χ4v) is 1.86. The van der Waals surface area contributed by atoms with Crippen LogP contribution in [-0.4, -0.2) is 30.3 Å². The predicted molar refractivity (Wildman–Crippen MR) is 66.5 cm³/mol. The van der Waals surface area contributed by atoms with Crippen LogP contribution in [0.25, 0.3) is 10.9 Å². The van der Waals surface area contributed by atoms with Gasteiger partial charge in [-0.15, -0.1) is 0 Å². The van der Waals surface area contributed by atoms with E-state index in [0.717, 1.165) is 0 Å². The van der Waals surface area contributed by atoms with Crippen LogP contribution < -0.4 is 9.47 Å². The highest BCUT2D eigenvalue weighted by Gasteiger charge is 2.14. The van der Waals surface area contributed by atoms with Gasteiger partial charge in [-0.3, -0.25) is 4.98 Å². The maximum atomic E-state index is 11.2. The van der Waals surface area contributed by atoms with Crippen molar-refractivity contribution in [2.24, 2.45) is 0 Å². The summed E-state index contributed by atoms with van der Waals surface area (Å²) in [7, 11) is 3.03. The number of hydrogen-bond donors (Lipinski definition) is 1. The van der Waals surface area contributed by atoms with Gasteiger partial charge in [-0.05, 0) is 19.1 Å². The van der Waals surface area contributed by atoms with Crippen molar-refractivity contribution in [1.29, 1.82) is 0 Å². The number of hydrogen-bond acceptors (Lipinski definition) is 4. The molecule has 5 nitrogen and oxygen atoms in total. The first kappa shape index (κ1) is 12.2. The van der Waals surface area contributed by atoms with Crippen LogP contribution in [-0.2, 0) is 0 Å². The molecule has 1 N–H and O–H groups in total. The molecular formula is C13H13NO4. The Kier molecular flexibility index (Phi) is 3.06. The second-order valence-electron chi connectivity index (χ2n) is 3.84. The van der Waals surface area contributed by atoms with Crippen LogP contribution in [0.5, 0.6) is 11.5 Å². The van der Waals surface area contributed by atoms with Gasteiger partial charge in [0.2, 0.25) is 0 Å². The number of pyridine rings is 1. The maximum Gasteiger partial charge on any atom is 0.336 e. The molecule has 1 heterocycles. The number of benzene rings is 1. The normalized spacial score (nSPS) is 10.4. The standard InChI is InChI=1S/C13H13NO4/c1-7-4-9(13(15)16)8-5-11(17-2)12(18-3)6-10(8)14-7/h4-6H,1-3H3,(H,15,16). The number of carboxylic acid groups (broad SMARTS) is 1. The summed E-state index contributed by atoms with van der Waals surface area (Å²) in [6.45, 7) is 1.75. The number of methoxy groups -OCH3 is 2. The maximum absolute atomic E-state index is 11.2. The van der Waals surface area contributed by atoms with Gasteiger partial charge in [-0.25, -0.2) is 4.79 Å². The number of carbonyl (C=O) groups is 1. The topological polar surface area (TPSA) is 68.7 Å². The Morgan fingerprint density at radius 3 is 2.33 bits per heavy atom. The smallest absolute Gasteiger partial charge is 0.336 e. The molecule has 0 aliphatic carbocycles. The van der Waals surface area contributed by atoms with E-state index in [4.69, 9.17) is 9.47 Å². The third kappa shape index (κ3) is 1.95. The first-order valence-electron chi connectivity index (χ1n) is 5.33. The minimum Gasteiger partial charge on any atom is -0.493 e. The first-order valence-corrected chi connectivity index (χ1v) is 5.33. The molecule has 94 valence electrons. The summed E-state index contributed by atoms with van der Waals surface area (Å²) in [6, 6.07) is 4.84. The van der Waals surface area contributed by atoms with Crippen LogP contribution in [0.2, 0.25) is 0 Å². The van der Waals surface area contributed by atoms with Crippen molar-refractivity contribution in [1.82, 2.24) is 4.98 Å². The van der Waals surface area contributed by atoms with Gasteiger partial charge >= 0.3 is 5.97 Å². The molecule has 0 saturated carbocycles. The summed E-state index contributed by atoms with van der Waals surface area (Å²) in [5, 5.41) is 9.73. The van der Waals surface area contributed by atoms with Crippen molar-refractivity contribution in [2.75, 3.05) is 14.2 Å². The lowest BCUT2D eigenvalue weighted by atomic mass is 10.1. The Bertz CT molecular complexity index is 622. The number of rotatable bonds is 3. The van der Waals surface area contributed by atoms with E-state index in [0.29, 0.717) is 28.1 Å². The van der Waals surface area contributed by atoms with Gasteiger partial charge in [-0.1, -0.05) is 0 Å². The van der Waals surface area contributed by atoms with E-state index in [-0.39, 0.29) is 5.56 Å². The van der Waals surface area contributed by atoms with Crippen LogP contribution >= 0.6 is 0 Å². The van der Waals surface area contributed by atoms with Crippen LogP contribution in [0.1, 0.15) is 16.1 Å². The number of aromatic carboxylic acids is 1. The quantitative estimate of drug-likeness (QED) is 0.900. The molecule has 0 bridgehead atoms. The second-order valence-corrected chi connectivity index (χ2v) is 3.84. The monoisotopic (exact) mass is 247 g/mol. The van der Waals surface area contributed by atoms with Crippen LogP contribution in [0.15, 0.2) is 18.2 Å². The van der Waals surface area contributed by atoms with Gasteiger partial charge in [0.05, 0.1) is 25.3 Å². The summed E-state index contributed by atoms with van der Waals surface area (Å²) in [5.74, 6) is 0.0234. The Morgan fingerprint density at radius 1 is 1.17 bits per heavy atom. The van der Waals surface area contributed by atoms with Crippen LogP contribution in [0.3, 0.4) is 0 Å². The molecule has 0 aliphatic rings. The van der Waals surface area contributed by atoms with E-state index >= 15 is 0 Å². The van der Waals surface area contributed by atoms with E-state index < -0.39 is 5.97 Å². The molecular weight excluding hydrogens is 234 g/mol. The molecule has 0 fully saturated rings. The summed E-state index contributed by atoms with van der Waals surface area (Å²) >= 11 is 0. The summed E-state index contributed by atoms with van der Waals surface area (Å²) < 4.78 is 10.3. The third-order valence-corrected chi connectivity index (χ3v) is 2.67. The number of ether oxygens (including phenoxy) is 2. The predicted octanol–water partition coefficient (Wildman–Crippen LogP) is 2.26. The highest BCUT2D eigenvalue weighted by atomic mass is 16.5. The number of aryl methyl sites for hydroxylation is 1. The fourth-order valence-electron chi connectivity index (χ4n) is 1.86. The summed E-state index contributed by atoms with van der Waals surface area (Å²) in [5.41, 5.74) is 1.43. The molecule has 0 spiro atoms. The summed E-state index contributed by atoms with van der Waals surface area (Å²) in [4.78, 5) is 15.5. The zero-order valence-corrected chi connectivity index (χ0v) is 10.4. The molecule has 1 aromatic heterocycles. The molecule has 0 radical (unpaired) electrons. The second kappa shape index (κ2) is 4.52. The van der Waals surface area contributed by atoms with Crippen LogP contribution in [0, 0.1) is 6.92 Å². The van der Waals surface area contributed by atoms with Gasteiger partial charge in [0.1, 0.15) is 0 Å². The molecule has 1 aromatic carbocycles. The highest BCUT2D eigenvalue weighted by molar-refractivity contribution is 6.03. The van der Waals surface area contributed by atoms with Crippen molar-refractivity contribution in [3.05, 3.63) is 29.5 Å². The highest BCUT2D eigenvalue weighted by Crippen LogP contribution is 2.33. The summed E-state index contributed by atoms with van der Waals surface area (Å²) in [6.07, 6.45) is 0. The Morgan fingerprint density at radius 2 is 1.78 bits per heavy atom. The zero-order chi connectivity index (χ0) is 13.3. The average Bonchev–Trinajstić information content (AvgIpc) is 2.35. The van der Waals surface area contributed by atoms with Crippen molar-refractivity contribution < 1.29 is 19.4 Å². The Labute approximate surface area is 104 Å². The number of fused-ring (bicyclic) bond motifs is 1. The molecule has 0 saturated heterocycles. The Balaban J connectivity index is 2.83. The van der Waals surface area contributed by atoms with Gasteiger partial charge < -0.3 is 14.6 Å². The Hall–Kier alpha value is -2.30. The van der Waals surface area contributed by atoms with E-state index in [1.54, 1.807) is 19.1 Å². The molecule has 0 amide bonds. The van der Waals surface area contributed by atoms with Crippen molar-refractivity contribution in [2.45, 2.75) is 6.92 Å². The molecule has 0 atom stereocenters. The van der Waals surface area contributed by atoms with Gasteiger partial charge in [0, 0.05) is 17.1 Å². The molecule has 2 rings (SSSR count).